The van der Waals surface area contributed by atoms with Gasteiger partial charge in [-0.1, -0.05) is 18.2 Å². The minimum absolute atomic E-state index is 0.525. The van der Waals surface area contributed by atoms with Crippen LogP contribution >= 0.6 is 15.9 Å². The molecule has 2 aliphatic rings. The fourth-order valence-corrected chi connectivity index (χ4v) is 9.09. The zero-order valence-corrected chi connectivity index (χ0v) is 34.3. The summed E-state index contributed by atoms with van der Waals surface area (Å²) < 4.78 is 4.53. The summed E-state index contributed by atoms with van der Waals surface area (Å²) in [5, 5.41) is 10.00. The Labute approximate surface area is 341 Å². The van der Waals surface area contributed by atoms with E-state index < -0.39 is 0 Å². The third-order valence-corrected chi connectivity index (χ3v) is 12.2. The minimum Gasteiger partial charge on any atom is -0.351 e. The molecule has 0 unspecified atom stereocenters. The molecule has 8 aromatic rings. The average molecular weight is 821 g/mol. The smallest absolute Gasteiger partial charge is 0.169 e. The van der Waals surface area contributed by atoms with Gasteiger partial charge in [-0.05, 0) is 124 Å². The third-order valence-electron chi connectivity index (χ3n) is 11.7. The van der Waals surface area contributed by atoms with Gasteiger partial charge in [0.1, 0.15) is 11.6 Å². The second-order valence-corrected chi connectivity index (χ2v) is 16.4. The highest BCUT2D eigenvalue weighted by Gasteiger charge is 2.27. The Bertz CT molecular complexity index is 2630. The van der Waals surface area contributed by atoms with Crippen LogP contribution in [0.1, 0.15) is 66.2 Å². The van der Waals surface area contributed by atoms with Crippen molar-refractivity contribution >= 4 is 49.8 Å². The average Bonchev–Trinajstić information content (AvgIpc) is 3.83. The molecule has 288 valence electrons. The Kier molecular flexibility index (Phi) is 10.1. The summed E-state index contributed by atoms with van der Waals surface area (Å²) >= 11 is 3.45. The normalized spacial score (nSPS) is 19.9. The molecule has 57 heavy (non-hydrogen) atoms. The number of fused-ring (bicyclic) bond motifs is 3. The second kappa shape index (κ2) is 15.7. The SMILES string of the molecule is C[C@@H]1CCC[C@H](C)N1c1ccc(-c2cnc3c(-c4cccc5ncccc45)cnn3c2)cn1.C[C@@H]1CCC[C@H](C)N1c1ccc(-c2cnc3c(Br)cnn3c2)cn1. The van der Waals surface area contributed by atoms with Gasteiger partial charge in [-0.3, -0.25) is 4.98 Å². The van der Waals surface area contributed by atoms with E-state index in [1.807, 2.05) is 72.3 Å². The van der Waals surface area contributed by atoms with Crippen LogP contribution in [0.2, 0.25) is 0 Å². The first kappa shape index (κ1) is 36.9. The molecule has 2 saturated heterocycles. The summed E-state index contributed by atoms with van der Waals surface area (Å²) in [7, 11) is 0. The summed E-state index contributed by atoms with van der Waals surface area (Å²) in [6.45, 7) is 9.17. The third kappa shape index (κ3) is 7.22. The van der Waals surface area contributed by atoms with Crippen molar-refractivity contribution in [3.05, 3.63) is 115 Å². The van der Waals surface area contributed by atoms with Gasteiger partial charge in [0.15, 0.2) is 11.3 Å². The van der Waals surface area contributed by atoms with Crippen molar-refractivity contribution in [3.63, 3.8) is 0 Å². The highest BCUT2D eigenvalue weighted by Crippen LogP contribution is 2.33. The van der Waals surface area contributed by atoms with Gasteiger partial charge in [0.2, 0.25) is 0 Å². The first-order valence-electron chi connectivity index (χ1n) is 20.0. The van der Waals surface area contributed by atoms with Gasteiger partial charge in [0.05, 0.1) is 22.4 Å². The zero-order chi connectivity index (χ0) is 39.0. The molecule has 12 heteroatoms. The molecule has 0 bridgehead atoms. The lowest BCUT2D eigenvalue weighted by atomic mass is 9.97. The number of benzene rings is 1. The van der Waals surface area contributed by atoms with E-state index >= 15 is 0 Å². The standard InChI is InChI=1S/C27H26N6.C18H20BrN5/c1-18-6-3-7-19(2)33(18)26-12-11-20(14-29-26)21-15-30-27-24(16-31-32(27)17-21)22-8-4-10-25-23(22)9-5-13-28-25;1-12-4-3-5-13(2)24(12)17-7-6-14(8-20-17)15-9-21-18-16(19)10-22-23(18)11-15/h4-5,8-19H,3,6-7H2,1-2H3;6-13H,3-5H2,1-2H3/t18-,19+;12-,13+. The maximum Gasteiger partial charge on any atom is 0.169 e. The number of aromatic nitrogens is 9. The van der Waals surface area contributed by atoms with Crippen molar-refractivity contribution in [2.45, 2.75) is 90.4 Å². The van der Waals surface area contributed by atoms with Crippen molar-refractivity contribution in [2.75, 3.05) is 9.80 Å². The van der Waals surface area contributed by atoms with E-state index in [1.165, 1.54) is 38.5 Å². The topological polar surface area (TPSA) is 106 Å². The van der Waals surface area contributed by atoms with E-state index in [0.29, 0.717) is 24.2 Å². The molecule has 1 aromatic carbocycles. The lowest BCUT2D eigenvalue weighted by Gasteiger charge is -2.40. The fourth-order valence-electron chi connectivity index (χ4n) is 8.71. The number of anilines is 2. The Morgan fingerprint density at radius 3 is 1.63 bits per heavy atom. The minimum atomic E-state index is 0.525. The van der Waals surface area contributed by atoms with Crippen LogP contribution in [0.3, 0.4) is 0 Å². The van der Waals surface area contributed by atoms with E-state index in [1.54, 1.807) is 10.7 Å². The molecule has 7 aromatic heterocycles. The van der Waals surface area contributed by atoms with Crippen LogP contribution in [0.5, 0.6) is 0 Å². The summed E-state index contributed by atoms with van der Waals surface area (Å²) in [6, 6.07) is 20.9. The maximum atomic E-state index is 4.81. The van der Waals surface area contributed by atoms with Crippen molar-refractivity contribution in [3.8, 4) is 33.4 Å². The quantitative estimate of drug-likeness (QED) is 0.168. The molecule has 2 aliphatic heterocycles. The highest BCUT2D eigenvalue weighted by atomic mass is 79.9. The van der Waals surface area contributed by atoms with Crippen molar-refractivity contribution in [1.82, 2.24) is 44.1 Å². The number of halogens is 1. The number of hydrogen-bond acceptors (Lipinski definition) is 9. The van der Waals surface area contributed by atoms with Gasteiger partial charge in [0, 0.05) is 101 Å². The number of pyridine rings is 3. The van der Waals surface area contributed by atoms with Crippen LogP contribution in [0.25, 0.3) is 55.6 Å². The van der Waals surface area contributed by atoms with Crippen LogP contribution in [0, 0.1) is 0 Å². The summed E-state index contributed by atoms with van der Waals surface area (Å²) in [5.41, 5.74) is 8.80. The second-order valence-electron chi connectivity index (χ2n) is 15.5. The Hall–Kier alpha value is -5.75. The molecule has 11 nitrogen and oxygen atoms in total. The molecule has 0 amide bonds. The number of rotatable bonds is 5. The van der Waals surface area contributed by atoms with E-state index in [2.05, 4.69) is 110 Å². The molecule has 0 aliphatic carbocycles. The van der Waals surface area contributed by atoms with Gasteiger partial charge in [-0.25, -0.2) is 29.0 Å². The van der Waals surface area contributed by atoms with E-state index in [0.717, 1.165) is 71.7 Å². The largest absolute Gasteiger partial charge is 0.351 e. The molecule has 0 N–H and O–H groups in total. The van der Waals surface area contributed by atoms with E-state index in [9.17, 15) is 0 Å². The van der Waals surface area contributed by atoms with E-state index in [-0.39, 0.29) is 0 Å². The fraction of sp³-hybridized carbons (Fsp3) is 0.311. The van der Waals surface area contributed by atoms with Crippen molar-refractivity contribution in [1.29, 1.82) is 0 Å². The summed E-state index contributed by atoms with van der Waals surface area (Å²) in [6.07, 6.45) is 24.7. The Balaban J connectivity index is 0.000000156. The molecule has 10 rings (SSSR count). The molecule has 9 heterocycles. The Morgan fingerprint density at radius 2 is 1.05 bits per heavy atom. The first-order valence-corrected chi connectivity index (χ1v) is 20.8. The number of nitrogens with zero attached hydrogens (tertiary/aromatic N) is 11. The molecule has 4 atom stereocenters. The van der Waals surface area contributed by atoms with Crippen LogP contribution in [-0.2, 0) is 0 Å². The van der Waals surface area contributed by atoms with Crippen LogP contribution in [-0.4, -0.2) is 68.3 Å². The zero-order valence-electron chi connectivity index (χ0n) is 32.7. The monoisotopic (exact) mass is 819 g/mol. The van der Waals surface area contributed by atoms with Gasteiger partial charge in [0.25, 0.3) is 0 Å². The van der Waals surface area contributed by atoms with Crippen LogP contribution in [0.15, 0.2) is 115 Å². The van der Waals surface area contributed by atoms with E-state index in [4.69, 9.17) is 15.0 Å². The predicted molar refractivity (Wildman–Crippen MR) is 231 cm³/mol. The van der Waals surface area contributed by atoms with Crippen molar-refractivity contribution < 1.29 is 0 Å². The van der Waals surface area contributed by atoms with Gasteiger partial charge in [-0.15, -0.1) is 0 Å². The van der Waals surface area contributed by atoms with Crippen molar-refractivity contribution in [2.24, 2.45) is 0 Å². The molecule has 0 spiro atoms. The summed E-state index contributed by atoms with van der Waals surface area (Å²) in [5.74, 6) is 2.12. The lowest BCUT2D eigenvalue weighted by Crippen LogP contribution is -2.44. The Morgan fingerprint density at radius 1 is 0.509 bits per heavy atom. The number of piperidine rings is 2. The summed E-state index contributed by atoms with van der Waals surface area (Å²) in [4.78, 5) is 28.2. The van der Waals surface area contributed by atoms with Crippen LogP contribution < -0.4 is 9.80 Å². The maximum absolute atomic E-state index is 4.81. The van der Waals surface area contributed by atoms with Gasteiger partial charge < -0.3 is 9.80 Å². The molecular formula is C45H46BrN11. The van der Waals surface area contributed by atoms with Crippen LogP contribution in [0.4, 0.5) is 11.6 Å². The van der Waals surface area contributed by atoms with Gasteiger partial charge >= 0.3 is 0 Å². The molecular weight excluding hydrogens is 774 g/mol. The predicted octanol–water partition coefficient (Wildman–Crippen LogP) is 10.1. The highest BCUT2D eigenvalue weighted by molar-refractivity contribution is 9.10. The molecule has 2 fully saturated rings. The first-order chi connectivity index (χ1) is 27.8. The molecule has 0 saturated carbocycles. The lowest BCUT2D eigenvalue weighted by molar-refractivity contribution is 0.411. The number of hydrogen-bond donors (Lipinski definition) is 0. The van der Waals surface area contributed by atoms with Gasteiger partial charge in [-0.2, -0.15) is 10.2 Å². The molecule has 0 radical (unpaired) electrons.